The fourth-order valence-corrected chi connectivity index (χ4v) is 4.92. The summed E-state index contributed by atoms with van der Waals surface area (Å²) < 4.78 is 0. The van der Waals surface area contributed by atoms with Crippen molar-refractivity contribution >= 4 is 34.1 Å². The number of phenolic OH excluding ortho intramolecular Hbond substituents is 2. The molecule has 2 amide bonds. The van der Waals surface area contributed by atoms with Gasteiger partial charge in [0.05, 0.1) is 0 Å². The molecule has 0 aliphatic rings. The number of phenols is 2. The Labute approximate surface area is 232 Å². The quantitative estimate of drug-likeness (QED) is 0.205. The van der Waals surface area contributed by atoms with Crippen LogP contribution in [0.4, 0.5) is 10.5 Å². The van der Waals surface area contributed by atoms with Crippen LogP contribution in [-0.4, -0.2) is 28.2 Å². The lowest BCUT2D eigenvalue weighted by Gasteiger charge is -2.19. The van der Waals surface area contributed by atoms with E-state index in [-0.39, 0.29) is 17.5 Å². The molecule has 0 saturated heterocycles. The summed E-state index contributed by atoms with van der Waals surface area (Å²) in [5, 5.41) is 25.4. The normalized spacial score (nSPS) is 10.9. The smallest absolute Gasteiger partial charge is 0.321 e. The number of carbonyl (C=O) groups excluding carboxylic acids is 1. The van der Waals surface area contributed by atoms with E-state index in [1.165, 1.54) is 0 Å². The van der Waals surface area contributed by atoms with Crippen LogP contribution in [-0.2, 0) is 13.0 Å². The van der Waals surface area contributed by atoms with Crippen molar-refractivity contribution in [1.82, 2.24) is 4.90 Å². The molecule has 6 heteroatoms. The van der Waals surface area contributed by atoms with E-state index >= 15 is 0 Å². The van der Waals surface area contributed by atoms with Gasteiger partial charge in [-0.15, -0.1) is 0 Å². The maximum atomic E-state index is 12.8. The van der Waals surface area contributed by atoms with E-state index in [0.29, 0.717) is 23.7 Å². The summed E-state index contributed by atoms with van der Waals surface area (Å²) in [5.74, 6) is 0.455. The Kier molecular flexibility index (Phi) is 7.44. The Morgan fingerprint density at radius 3 is 2.28 bits per heavy atom. The lowest BCUT2D eigenvalue weighted by atomic mass is 9.90. The largest absolute Gasteiger partial charge is 0.508 e. The molecule has 0 bridgehead atoms. The number of fused-ring (bicyclic) bond motifs is 1. The van der Waals surface area contributed by atoms with Crippen molar-refractivity contribution < 1.29 is 15.0 Å². The van der Waals surface area contributed by atoms with Crippen molar-refractivity contribution in [3.05, 3.63) is 124 Å². The molecule has 3 N–H and O–H groups in total. The van der Waals surface area contributed by atoms with Gasteiger partial charge in [-0.05, 0) is 93.9 Å². The molecule has 0 spiro atoms. The van der Waals surface area contributed by atoms with Crippen LogP contribution in [0.3, 0.4) is 0 Å². The van der Waals surface area contributed by atoms with Crippen molar-refractivity contribution in [1.29, 1.82) is 0 Å². The summed E-state index contributed by atoms with van der Waals surface area (Å²) in [6.45, 7) is 2.33. The van der Waals surface area contributed by atoms with Crippen molar-refractivity contribution in [2.24, 2.45) is 0 Å². The summed E-state index contributed by atoms with van der Waals surface area (Å²) in [6, 6.07) is 30.2. The van der Waals surface area contributed by atoms with Crippen LogP contribution in [0.15, 0.2) is 97.1 Å². The fraction of sp³-hybridized carbons (Fsp3) is 0.121. The fourth-order valence-electron chi connectivity index (χ4n) is 4.75. The number of hydrogen-bond acceptors (Lipinski definition) is 3. The zero-order valence-corrected chi connectivity index (χ0v) is 22.5. The predicted molar refractivity (Wildman–Crippen MR) is 159 cm³/mol. The Bertz CT molecular complexity index is 1650. The maximum Gasteiger partial charge on any atom is 0.321 e. The Hall–Kier alpha value is -4.48. The van der Waals surface area contributed by atoms with Crippen molar-refractivity contribution in [3.8, 4) is 22.6 Å². The van der Waals surface area contributed by atoms with Crippen LogP contribution in [0.25, 0.3) is 21.9 Å². The van der Waals surface area contributed by atoms with Crippen molar-refractivity contribution in [2.75, 3.05) is 12.4 Å². The minimum Gasteiger partial charge on any atom is -0.508 e. The standard InChI is InChI=1S/C33H29ClN2O3/c1-21-31(34)4-3-5-32(21)35-33(39)36(2)20-23-8-6-22(7-9-23)18-30-28(24-10-13-26(37)14-11-24)16-12-25-19-27(38)15-17-29(25)30/h3-17,19,37-38H,18,20H2,1-2H3,(H,35,39). The second kappa shape index (κ2) is 11.1. The van der Waals surface area contributed by atoms with E-state index in [4.69, 9.17) is 11.6 Å². The first-order valence-electron chi connectivity index (χ1n) is 12.7. The Balaban J connectivity index is 1.36. The summed E-state index contributed by atoms with van der Waals surface area (Å²) in [5.41, 5.74) is 6.89. The van der Waals surface area contributed by atoms with E-state index in [1.54, 1.807) is 42.3 Å². The molecule has 5 nitrogen and oxygen atoms in total. The highest BCUT2D eigenvalue weighted by molar-refractivity contribution is 6.31. The third-order valence-electron chi connectivity index (χ3n) is 6.97. The minimum absolute atomic E-state index is 0.206. The minimum atomic E-state index is -0.206. The number of aromatic hydroxyl groups is 2. The van der Waals surface area contributed by atoms with E-state index < -0.39 is 0 Å². The van der Waals surface area contributed by atoms with Crippen LogP contribution in [0.2, 0.25) is 5.02 Å². The number of halogens is 1. The van der Waals surface area contributed by atoms with Gasteiger partial charge in [0.25, 0.3) is 0 Å². The first-order chi connectivity index (χ1) is 18.8. The average Bonchev–Trinajstić information content (AvgIpc) is 2.93. The van der Waals surface area contributed by atoms with Crippen molar-refractivity contribution in [2.45, 2.75) is 19.9 Å². The Morgan fingerprint density at radius 2 is 1.54 bits per heavy atom. The number of nitrogens with zero attached hydrogens (tertiary/aromatic N) is 1. The van der Waals surface area contributed by atoms with Gasteiger partial charge in [-0.2, -0.15) is 0 Å². The van der Waals surface area contributed by atoms with E-state index in [1.807, 2.05) is 55.5 Å². The molecule has 0 fully saturated rings. The van der Waals surface area contributed by atoms with Crippen molar-refractivity contribution in [3.63, 3.8) is 0 Å². The second-order valence-corrected chi connectivity index (χ2v) is 10.1. The highest BCUT2D eigenvalue weighted by Crippen LogP contribution is 2.34. The van der Waals surface area contributed by atoms with Gasteiger partial charge >= 0.3 is 6.03 Å². The highest BCUT2D eigenvalue weighted by Gasteiger charge is 2.14. The topological polar surface area (TPSA) is 72.8 Å². The molecule has 5 rings (SSSR count). The van der Waals surface area contributed by atoms with E-state index in [2.05, 4.69) is 23.5 Å². The number of anilines is 1. The third-order valence-corrected chi connectivity index (χ3v) is 7.38. The Morgan fingerprint density at radius 1 is 0.846 bits per heavy atom. The number of urea groups is 1. The van der Waals surface area contributed by atoms with Gasteiger partial charge in [-0.1, -0.05) is 72.3 Å². The second-order valence-electron chi connectivity index (χ2n) is 9.74. The number of hydrogen-bond donors (Lipinski definition) is 3. The van der Waals surface area contributed by atoms with Gasteiger partial charge < -0.3 is 20.4 Å². The molecule has 39 heavy (non-hydrogen) atoms. The highest BCUT2D eigenvalue weighted by atomic mass is 35.5. The van der Waals surface area contributed by atoms with Crippen LogP contribution in [0, 0.1) is 6.92 Å². The van der Waals surface area contributed by atoms with Crippen LogP contribution < -0.4 is 5.32 Å². The summed E-state index contributed by atoms with van der Waals surface area (Å²) >= 11 is 6.18. The number of benzene rings is 5. The van der Waals surface area contributed by atoms with Gasteiger partial charge in [-0.3, -0.25) is 0 Å². The van der Waals surface area contributed by atoms with Gasteiger partial charge in [0, 0.05) is 24.3 Å². The molecule has 0 saturated carbocycles. The molecular weight excluding hydrogens is 508 g/mol. The van der Waals surface area contributed by atoms with Gasteiger partial charge in [-0.25, -0.2) is 4.79 Å². The number of nitrogens with one attached hydrogen (secondary N) is 1. The van der Waals surface area contributed by atoms with Gasteiger partial charge in [0.1, 0.15) is 11.5 Å². The maximum absolute atomic E-state index is 12.8. The number of amides is 2. The number of rotatable bonds is 6. The molecule has 5 aromatic rings. The van der Waals surface area contributed by atoms with Gasteiger partial charge in [0.2, 0.25) is 0 Å². The first kappa shape index (κ1) is 26.1. The molecule has 196 valence electrons. The summed E-state index contributed by atoms with van der Waals surface area (Å²) in [4.78, 5) is 14.4. The molecule has 0 atom stereocenters. The molecule has 0 aromatic heterocycles. The zero-order chi connectivity index (χ0) is 27.5. The van der Waals surface area contributed by atoms with Crippen LogP contribution in [0.1, 0.15) is 22.3 Å². The van der Waals surface area contributed by atoms with E-state index in [0.717, 1.165) is 44.2 Å². The van der Waals surface area contributed by atoms with Crippen LogP contribution >= 0.6 is 11.6 Å². The summed E-state index contributed by atoms with van der Waals surface area (Å²) in [7, 11) is 1.76. The predicted octanol–water partition coefficient (Wildman–Crippen LogP) is 8.13. The molecule has 0 aliphatic carbocycles. The lowest BCUT2D eigenvalue weighted by Crippen LogP contribution is -2.31. The van der Waals surface area contributed by atoms with E-state index in [9.17, 15) is 15.0 Å². The first-order valence-corrected chi connectivity index (χ1v) is 13.1. The average molecular weight is 537 g/mol. The van der Waals surface area contributed by atoms with Gasteiger partial charge in [0.15, 0.2) is 0 Å². The number of carbonyl (C=O) groups is 1. The van der Waals surface area contributed by atoms with Crippen LogP contribution in [0.5, 0.6) is 11.5 Å². The molecule has 0 heterocycles. The molecule has 0 aliphatic heterocycles. The molecule has 5 aromatic carbocycles. The monoisotopic (exact) mass is 536 g/mol. The lowest BCUT2D eigenvalue weighted by molar-refractivity contribution is 0.220. The zero-order valence-electron chi connectivity index (χ0n) is 21.8. The third kappa shape index (κ3) is 5.84. The SMILES string of the molecule is Cc1c(Cl)cccc1NC(=O)N(C)Cc1ccc(Cc2c(-c3ccc(O)cc3)ccc3cc(O)ccc23)cc1. The molecule has 0 radical (unpaired) electrons. The molecule has 0 unspecified atom stereocenters. The summed E-state index contributed by atoms with van der Waals surface area (Å²) in [6.07, 6.45) is 0.684. The molecular formula is C33H29ClN2O3.